The highest BCUT2D eigenvalue weighted by atomic mass is 79.9. The van der Waals surface area contributed by atoms with E-state index in [9.17, 15) is 14.0 Å². The molecule has 1 amide bonds. The standard InChI is InChI=1S/C12H11BrFNO3/c13-8-3-2-7(6-9(8)14)15-10(16)12(11(17)18)4-1-5-12/h2-3,6H,1,4-5H2,(H,15,16)(H,17,18). The number of aliphatic carboxylic acids is 1. The maximum atomic E-state index is 13.3. The van der Waals surface area contributed by atoms with E-state index in [2.05, 4.69) is 21.2 Å². The van der Waals surface area contributed by atoms with Gasteiger partial charge >= 0.3 is 5.97 Å². The summed E-state index contributed by atoms with van der Waals surface area (Å²) in [6.07, 6.45) is 1.37. The fourth-order valence-corrected chi connectivity index (χ4v) is 2.14. The highest BCUT2D eigenvalue weighted by Gasteiger charge is 2.51. The third-order valence-corrected chi connectivity index (χ3v) is 3.87. The fourth-order valence-electron chi connectivity index (χ4n) is 1.89. The van der Waals surface area contributed by atoms with Gasteiger partial charge in [-0.1, -0.05) is 6.42 Å². The number of carboxylic acids is 1. The number of carbonyl (C=O) groups excluding carboxylic acids is 1. The first-order valence-corrected chi connectivity index (χ1v) is 6.25. The van der Waals surface area contributed by atoms with Gasteiger partial charge in [-0.05, 0) is 47.0 Å². The van der Waals surface area contributed by atoms with E-state index in [0.717, 1.165) is 6.07 Å². The van der Waals surface area contributed by atoms with Crippen molar-refractivity contribution in [2.45, 2.75) is 19.3 Å². The lowest BCUT2D eigenvalue weighted by Gasteiger charge is -2.35. The smallest absolute Gasteiger partial charge is 0.319 e. The highest BCUT2D eigenvalue weighted by molar-refractivity contribution is 9.10. The number of anilines is 1. The number of nitrogens with one attached hydrogen (secondary N) is 1. The normalized spacial score (nSPS) is 16.8. The van der Waals surface area contributed by atoms with E-state index in [-0.39, 0.29) is 10.2 Å². The summed E-state index contributed by atoms with van der Waals surface area (Å²) in [6.45, 7) is 0. The summed E-state index contributed by atoms with van der Waals surface area (Å²) in [5, 5.41) is 11.5. The Hall–Kier alpha value is -1.43. The van der Waals surface area contributed by atoms with Crippen LogP contribution in [0.1, 0.15) is 19.3 Å². The van der Waals surface area contributed by atoms with Crippen LogP contribution >= 0.6 is 15.9 Å². The van der Waals surface area contributed by atoms with E-state index in [1.807, 2.05) is 0 Å². The number of carbonyl (C=O) groups is 2. The Bertz CT molecular complexity index is 514. The molecule has 1 aromatic rings. The Balaban J connectivity index is 2.16. The van der Waals surface area contributed by atoms with Gasteiger partial charge in [0.05, 0.1) is 4.47 Å². The molecule has 0 atom stereocenters. The van der Waals surface area contributed by atoms with Crippen LogP contribution in [0.25, 0.3) is 0 Å². The van der Waals surface area contributed by atoms with Crippen LogP contribution in [-0.4, -0.2) is 17.0 Å². The second-order valence-corrected chi connectivity index (χ2v) is 5.18. The average molecular weight is 316 g/mol. The minimum absolute atomic E-state index is 0.258. The van der Waals surface area contributed by atoms with E-state index in [4.69, 9.17) is 5.11 Å². The molecule has 0 spiro atoms. The van der Waals surface area contributed by atoms with Crippen molar-refractivity contribution < 1.29 is 19.1 Å². The minimum Gasteiger partial charge on any atom is -0.480 e. The Morgan fingerprint density at radius 2 is 2.06 bits per heavy atom. The molecule has 0 saturated heterocycles. The zero-order valence-electron chi connectivity index (χ0n) is 9.37. The summed E-state index contributed by atoms with van der Waals surface area (Å²) in [5.41, 5.74) is -1.09. The van der Waals surface area contributed by atoms with Crippen LogP contribution in [0.2, 0.25) is 0 Å². The topological polar surface area (TPSA) is 66.4 Å². The van der Waals surface area contributed by atoms with Crippen molar-refractivity contribution in [3.8, 4) is 0 Å². The molecule has 6 heteroatoms. The lowest BCUT2D eigenvalue weighted by molar-refractivity contribution is -0.159. The lowest BCUT2D eigenvalue weighted by atomic mass is 9.68. The van der Waals surface area contributed by atoms with Gasteiger partial charge in [0.1, 0.15) is 11.2 Å². The molecule has 96 valence electrons. The summed E-state index contributed by atoms with van der Waals surface area (Å²) >= 11 is 3.00. The summed E-state index contributed by atoms with van der Waals surface area (Å²) in [6, 6.07) is 4.12. The molecule has 1 aliphatic rings. The van der Waals surface area contributed by atoms with Crippen LogP contribution in [0.3, 0.4) is 0 Å². The number of hydrogen-bond donors (Lipinski definition) is 2. The first-order chi connectivity index (χ1) is 8.45. The van der Waals surface area contributed by atoms with Gasteiger partial charge in [0.25, 0.3) is 0 Å². The first kappa shape index (κ1) is 13.0. The zero-order chi connectivity index (χ0) is 13.3. The van der Waals surface area contributed by atoms with Gasteiger partial charge in [-0.2, -0.15) is 0 Å². The van der Waals surface area contributed by atoms with Crippen LogP contribution < -0.4 is 5.32 Å². The van der Waals surface area contributed by atoms with E-state index in [1.165, 1.54) is 12.1 Å². The van der Waals surface area contributed by atoms with E-state index < -0.39 is 23.1 Å². The maximum absolute atomic E-state index is 13.3. The summed E-state index contributed by atoms with van der Waals surface area (Å²) in [4.78, 5) is 23.0. The Kier molecular flexibility index (Phi) is 3.38. The molecule has 0 bridgehead atoms. The van der Waals surface area contributed by atoms with Crippen LogP contribution in [0.15, 0.2) is 22.7 Å². The van der Waals surface area contributed by atoms with Gasteiger partial charge in [0, 0.05) is 5.69 Å². The Morgan fingerprint density at radius 3 is 2.50 bits per heavy atom. The molecule has 1 fully saturated rings. The third-order valence-electron chi connectivity index (χ3n) is 3.23. The fraction of sp³-hybridized carbons (Fsp3) is 0.333. The number of amides is 1. The van der Waals surface area contributed by atoms with Crippen LogP contribution in [0.4, 0.5) is 10.1 Å². The average Bonchev–Trinajstić information content (AvgIpc) is 2.21. The van der Waals surface area contributed by atoms with Crippen molar-refractivity contribution in [3.05, 3.63) is 28.5 Å². The van der Waals surface area contributed by atoms with Crippen molar-refractivity contribution in [2.75, 3.05) is 5.32 Å². The van der Waals surface area contributed by atoms with Gasteiger partial charge in [-0.3, -0.25) is 9.59 Å². The lowest BCUT2D eigenvalue weighted by Crippen LogP contribution is -2.48. The predicted octanol–water partition coefficient (Wildman–Crippen LogP) is 2.78. The molecule has 0 heterocycles. The number of hydrogen-bond acceptors (Lipinski definition) is 2. The predicted molar refractivity (Wildman–Crippen MR) is 66.6 cm³/mol. The molecule has 4 nitrogen and oxygen atoms in total. The largest absolute Gasteiger partial charge is 0.480 e. The van der Waals surface area contributed by atoms with Crippen molar-refractivity contribution >= 4 is 33.5 Å². The van der Waals surface area contributed by atoms with E-state index in [1.54, 1.807) is 0 Å². The second-order valence-electron chi connectivity index (χ2n) is 4.32. The number of rotatable bonds is 3. The Labute approximate surface area is 111 Å². The van der Waals surface area contributed by atoms with Crippen molar-refractivity contribution in [2.24, 2.45) is 5.41 Å². The molecule has 1 saturated carbocycles. The van der Waals surface area contributed by atoms with Crippen LogP contribution in [-0.2, 0) is 9.59 Å². The van der Waals surface area contributed by atoms with E-state index >= 15 is 0 Å². The zero-order valence-corrected chi connectivity index (χ0v) is 11.0. The van der Waals surface area contributed by atoms with Crippen molar-refractivity contribution in [3.63, 3.8) is 0 Å². The van der Waals surface area contributed by atoms with Crippen LogP contribution in [0.5, 0.6) is 0 Å². The molecule has 2 rings (SSSR count). The monoisotopic (exact) mass is 315 g/mol. The molecule has 1 aliphatic carbocycles. The van der Waals surface area contributed by atoms with Crippen LogP contribution in [0, 0.1) is 11.2 Å². The molecular weight excluding hydrogens is 305 g/mol. The molecule has 0 aromatic heterocycles. The molecular formula is C12H11BrFNO3. The van der Waals surface area contributed by atoms with Crippen molar-refractivity contribution in [1.82, 2.24) is 0 Å². The second kappa shape index (κ2) is 4.68. The maximum Gasteiger partial charge on any atom is 0.319 e. The molecule has 0 unspecified atom stereocenters. The van der Waals surface area contributed by atoms with Crippen molar-refractivity contribution in [1.29, 1.82) is 0 Å². The van der Waals surface area contributed by atoms with Gasteiger partial charge < -0.3 is 10.4 Å². The SMILES string of the molecule is O=C(O)C1(C(=O)Nc2ccc(Br)c(F)c2)CCC1. The highest BCUT2D eigenvalue weighted by Crippen LogP contribution is 2.42. The molecule has 18 heavy (non-hydrogen) atoms. The Morgan fingerprint density at radius 1 is 1.39 bits per heavy atom. The quantitative estimate of drug-likeness (QED) is 0.843. The first-order valence-electron chi connectivity index (χ1n) is 5.45. The van der Waals surface area contributed by atoms with E-state index in [0.29, 0.717) is 19.3 Å². The number of halogens is 2. The summed E-state index contributed by atoms with van der Waals surface area (Å²) in [5.74, 6) is -2.21. The molecule has 0 aliphatic heterocycles. The van der Waals surface area contributed by atoms with Gasteiger partial charge in [-0.15, -0.1) is 0 Å². The molecule has 2 N–H and O–H groups in total. The summed E-state index contributed by atoms with van der Waals surface area (Å²) in [7, 11) is 0. The number of carboxylic acid groups (broad SMARTS) is 1. The third kappa shape index (κ3) is 2.12. The van der Waals surface area contributed by atoms with Gasteiger partial charge in [-0.25, -0.2) is 4.39 Å². The number of benzene rings is 1. The van der Waals surface area contributed by atoms with Gasteiger partial charge in [0.2, 0.25) is 5.91 Å². The minimum atomic E-state index is -1.34. The molecule has 0 radical (unpaired) electrons. The molecule has 1 aromatic carbocycles. The summed E-state index contributed by atoms with van der Waals surface area (Å²) < 4.78 is 13.6. The van der Waals surface area contributed by atoms with Gasteiger partial charge in [0.15, 0.2) is 0 Å².